The van der Waals surface area contributed by atoms with Gasteiger partial charge in [0.1, 0.15) is 0 Å². The van der Waals surface area contributed by atoms with E-state index in [0.717, 1.165) is 27.5 Å². The maximum absolute atomic E-state index is 12.2. The van der Waals surface area contributed by atoms with Crippen LogP contribution in [-0.2, 0) is 11.3 Å². The minimum absolute atomic E-state index is 0.186. The van der Waals surface area contributed by atoms with Gasteiger partial charge in [0.2, 0.25) is 5.91 Å². The van der Waals surface area contributed by atoms with Gasteiger partial charge < -0.3 is 0 Å². The largest absolute Gasteiger partial charge is 0.298 e. The van der Waals surface area contributed by atoms with Gasteiger partial charge in [-0.2, -0.15) is 5.10 Å². The molecule has 0 spiro atoms. The summed E-state index contributed by atoms with van der Waals surface area (Å²) in [6.07, 6.45) is 3.37. The van der Waals surface area contributed by atoms with Gasteiger partial charge in [0.15, 0.2) is 5.13 Å². The van der Waals surface area contributed by atoms with Crippen molar-refractivity contribution in [3.63, 3.8) is 0 Å². The molecular weight excluding hydrogens is 356 g/mol. The maximum atomic E-state index is 12.2. The first kappa shape index (κ1) is 19.0. The quantitative estimate of drug-likeness (QED) is 0.659. The monoisotopic (exact) mass is 380 g/mol. The van der Waals surface area contributed by atoms with Crippen LogP contribution in [0.25, 0.3) is 6.08 Å². The smallest absolute Gasteiger partial charge is 0.250 e. The molecule has 27 heavy (non-hydrogen) atoms. The fourth-order valence-corrected chi connectivity index (χ4v) is 3.62. The number of anilines is 1. The Bertz CT molecular complexity index is 977. The highest BCUT2D eigenvalue weighted by atomic mass is 32.1. The SMILES string of the molecule is Cc1ccc(Cn2nc(C)c(/C=C/C(=O)Nc3nc(C)c(C)s3)c2C)cc1. The average molecular weight is 381 g/mol. The van der Waals surface area contributed by atoms with Crippen LogP contribution in [0.5, 0.6) is 0 Å². The molecule has 1 amide bonds. The van der Waals surface area contributed by atoms with E-state index < -0.39 is 0 Å². The second kappa shape index (κ2) is 7.88. The number of aromatic nitrogens is 3. The topological polar surface area (TPSA) is 59.8 Å². The molecule has 0 aliphatic rings. The molecule has 1 aromatic carbocycles. The molecule has 3 rings (SSSR count). The molecule has 3 aromatic rings. The van der Waals surface area contributed by atoms with Crippen molar-refractivity contribution >= 4 is 28.5 Å². The van der Waals surface area contributed by atoms with Gasteiger partial charge in [0, 0.05) is 22.2 Å². The lowest BCUT2D eigenvalue weighted by atomic mass is 10.1. The van der Waals surface area contributed by atoms with Gasteiger partial charge in [-0.3, -0.25) is 14.8 Å². The highest BCUT2D eigenvalue weighted by Gasteiger charge is 2.11. The summed E-state index contributed by atoms with van der Waals surface area (Å²) >= 11 is 1.48. The number of hydrogen-bond acceptors (Lipinski definition) is 4. The summed E-state index contributed by atoms with van der Waals surface area (Å²) < 4.78 is 1.98. The minimum atomic E-state index is -0.186. The molecule has 1 N–H and O–H groups in total. The Balaban J connectivity index is 1.72. The fraction of sp³-hybridized carbons (Fsp3) is 0.286. The van der Waals surface area contributed by atoms with Gasteiger partial charge in [0.25, 0.3) is 0 Å². The van der Waals surface area contributed by atoms with E-state index in [2.05, 4.69) is 46.6 Å². The van der Waals surface area contributed by atoms with Gasteiger partial charge in [-0.1, -0.05) is 29.8 Å². The first-order valence-corrected chi connectivity index (χ1v) is 9.68. The predicted molar refractivity (Wildman–Crippen MR) is 111 cm³/mol. The van der Waals surface area contributed by atoms with Crippen LogP contribution in [0.15, 0.2) is 30.3 Å². The van der Waals surface area contributed by atoms with Crippen LogP contribution in [0, 0.1) is 34.6 Å². The summed E-state index contributed by atoms with van der Waals surface area (Å²) in [7, 11) is 0. The van der Waals surface area contributed by atoms with Crippen molar-refractivity contribution in [2.45, 2.75) is 41.2 Å². The Morgan fingerprint density at radius 3 is 2.44 bits per heavy atom. The molecule has 0 fully saturated rings. The zero-order chi connectivity index (χ0) is 19.6. The summed E-state index contributed by atoms with van der Waals surface area (Å²) in [5, 5.41) is 8.08. The van der Waals surface area contributed by atoms with Gasteiger partial charge in [-0.05, 0) is 46.3 Å². The van der Waals surface area contributed by atoms with E-state index in [4.69, 9.17) is 0 Å². The fourth-order valence-electron chi connectivity index (χ4n) is 2.80. The van der Waals surface area contributed by atoms with Gasteiger partial charge >= 0.3 is 0 Å². The Kier molecular flexibility index (Phi) is 5.56. The number of nitrogens with zero attached hydrogens (tertiary/aromatic N) is 3. The first-order chi connectivity index (χ1) is 12.8. The van der Waals surface area contributed by atoms with Gasteiger partial charge in [-0.25, -0.2) is 4.98 Å². The van der Waals surface area contributed by atoms with Crippen LogP contribution in [0.1, 0.15) is 38.6 Å². The van der Waals surface area contributed by atoms with E-state index in [9.17, 15) is 4.79 Å². The second-order valence-corrected chi connectivity index (χ2v) is 7.91. The van der Waals surface area contributed by atoms with Crippen LogP contribution in [0.3, 0.4) is 0 Å². The average Bonchev–Trinajstić information content (AvgIpc) is 3.06. The molecule has 2 heterocycles. The van der Waals surface area contributed by atoms with Crippen LogP contribution in [0.2, 0.25) is 0 Å². The van der Waals surface area contributed by atoms with E-state index >= 15 is 0 Å². The molecule has 5 nitrogen and oxygen atoms in total. The molecule has 2 aromatic heterocycles. The molecule has 0 aliphatic heterocycles. The predicted octanol–water partition coefficient (Wildman–Crippen LogP) is 4.58. The lowest BCUT2D eigenvalue weighted by Crippen LogP contribution is -2.07. The zero-order valence-corrected chi connectivity index (χ0v) is 17.1. The third kappa shape index (κ3) is 4.52. The summed E-state index contributed by atoms with van der Waals surface area (Å²) in [6.45, 7) is 10.7. The Morgan fingerprint density at radius 1 is 1.11 bits per heavy atom. The van der Waals surface area contributed by atoms with Crippen molar-refractivity contribution in [2.75, 3.05) is 5.32 Å². The molecule has 0 aliphatic carbocycles. The van der Waals surface area contributed by atoms with E-state index in [1.54, 1.807) is 6.08 Å². The summed E-state index contributed by atoms with van der Waals surface area (Å²) in [5.74, 6) is -0.186. The molecule has 0 bridgehead atoms. The highest BCUT2D eigenvalue weighted by molar-refractivity contribution is 7.15. The Hall–Kier alpha value is -2.73. The molecule has 0 atom stereocenters. The molecule has 0 saturated carbocycles. The molecule has 0 unspecified atom stereocenters. The zero-order valence-electron chi connectivity index (χ0n) is 16.3. The summed E-state index contributed by atoms with van der Waals surface area (Å²) in [5.41, 5.74) is 6.32. The maximum Gasteiger partial charge on any atom is 0.250 e. The lowest BCUT2D eigenvalue weighted by molar-refractivity contribution is -0.111. The Labute approximate surface area is 163 Å². The number of carbonyl (C=O) groups excluding carboxylic acids is 1. The molecule has 0 saturated heterocycles. The van der Waals surface area contributed by atoms with Crippen molar-refractivity contribution in [1.29, 1.82) is 0 Å². The standard InChI is InChI=1S/C21H24N4OS/c1-13-6-8-18(9-7-13)12-25-16(4)19(15(3)24-25)10-11-20(26)23-21-22-14(2)17(5)27-21/h6-11H,12H2,1-5H3,(H,22,23,26)/b11-10+. The van der Waals surface area contributed by atoms with E-state index in [-0.39, 0.29) is 5.91 Å². The summed E-state index contributed by atoms with van der Waals surface area (Å²) in [4.78, 5) is 17.6. The Morgan fingerprint density at radius 2 is 1.81 bits per heavy atom. The van der Waals surface area contributed by atoms with E-state index in [1.807, 2.05) is 38.5 Å². The number of benzene rings is 1. The highest BCUT2D eigenvalue weighted by Crippen LogP contribution is 2.21. The molecule has 140 valence electrons. The van der Waals surface area contributed by atoms with Crippen LogP contribution < -0.4 is 5.32 Å². The first-order valence-electron chi connectivity index (χ1n) is 8.86. The number of aryl methyl sites for hydroxylation is 4. The number of hydrogen-bond donors (Lipinski definition) is 1. The van der Waals surface area contributed by atoms with E-state index in [0.29, 0.717) is 11.7 Å². The summed E-state index contributed by atoms with van der Waals surface area (Å²) in [6, 6.07) is 8.45. The van der Waals surface area contributed by atoms with Crippen molar-refractivity contribution in [3.05, 3.63) is 69.0 Å². The minimum Gasteiger partial charge on any atom is -0.298 e. The van der Waals surface area contributed by atoms with Gasteiger partial charge in [-0.15, -0.1) is 11.3 Å². The molecule has 0 radical (unpaired) electrons. The van der Waals surface area contributed by atoms with E-state index in [1.165, 1.54) is 22.5 Å². The number of rotatable bonds is 5. The number of amides is 1. The van der Waals surface area contributed by atoms with Crippen LogP contribution in [-0.4, -0.2) is 20.7 Å². The second-order valence-electron chi connectivity index (χ2n) is 6.71. The molecular formula is C21H24N4OS. The van der Waals surface area contributed by atoms with Crippen molar-refractivity contribution < 1.29 is 4.79 Å². The molecule has 6 heteroatoms. The number of carbonyl (C=O) groups is 1. The van der Waals surface area contributed by atoms with Gasteiger partial charge in [0.05, 0.1) is 17.9 Å². The van der Waals surface area contributed by atoms with Crippen molar-refractivity contribution in [1.82, 2.24) is 14.8 Å². The third-order valence-corrected chi connectivity index (χ3v) is 5.54. The number of nitrogens with one attached hydrogen (secondary N) is 1. The van der Waals surface area contributed by atoms with Crippen molar-refractivity contribution in [2.24, 2.45) is 0 Å². The third-order valence-electron chi connectivity index (χ3n) is 4.55. The normalized spacial score (nSPS) is 11.3. The number of thiazole rings is 1. The van der Waals surface area contributed by atoms with Crippen LogP contribution >= 0.6 is 11.3 Å². The lowest BCUT2D eigenvalue weighted by Gasteiger charge is -2.05. The van der Waals surface area contributed by atoms with Crippen LogP contribution in [0.4, 0.5) is 5.13 Å². The van der Waals surface area contributed by atoms with Crippen molar-refractivity contribution in [3.8, 4) is 0 Å².